The fourth-order valence-corrected chi connectivity index (χ4v) is 3.29. The first kappa shape index (κ1) is 18.9. The summed E-state index contributed by atoms with van der Waals surface area (Å²) in [5.41, 5.74) is 2.81. The molecule has 0 fully saturated rings. The number of amides is 2. The summed E-state index contributed by atoms with van der Waals surface area (Å²) in [6.07, 6.45) is 4.90. The highest BCUT2D eigenvalue weighted by molar-refractivity contribution is 6.20. The van der Waals surface area contributed by atoms with Crippen LogP contribution in [0.4, 0.5) is 5.69 Å². The Balaban J connectivity index is 1.81. The third kappa shape index (κ3) is 4.64. The molecule has 2 aromatic carbocycles. The Bertz CT molecular complexity index is 813. The van der Waals surface area contributed by atoms with Crippen LogP contribution in [0, 0.1) is 0 Å². The van der Waals surface area contributed by atoms with Crippen molar-refractivity contribution in [3.63, 3.8) is 0 Å². The van der Waals surface area contributed by atoms with Gasteiger partial charge in [0.15, 0.2) is 0 Å². The van der Waals surface area contributed by atoms with Crippen molar-refractivity contribution in [2.24, 2.45) is 0 Å². The van der Waals surface area contributed by atoms with E-state index >= 15 is 0 Å². The van der Waals surface area contributed by atoms with Crippen LogP contribution in [0.15, 0.2) is 71.9 Å². The molecule has 0 aliphatic carbocycles. The van der Waals surface area contributed by atoms with Crippen LogP contribution >= 0.6 is 0 Å². The molecular weight excluding hydrogens is 336 g/mol. The highest BCUT2D eigenvalue weighted by Crippen LogP contribution is 2.28. The number of hydrogen-bond donors (Lipinski definition) is 1. The van der Waals surface area contributed by atoms with Gasteiger partial charge >= 0.3 is 0 Å². The molecule has 0 spiro atoms. The molecular formula is C23H26N2O2. The van der Waals surface area contributed by atoms with Gasteiger partial charge in [0.05, 0.1) is 6.54 Å². The first-order valence-electron chi connectivity index (χ1n) is 9.66. The maximum atomic E-state index is 13.0. The molecule has 0 radical (unpaired) electrons. The molecule has 2 amide bonds. The average Bonchev–Trinajstić information content (AvgIpc) is 2.91. The summed E-state index contributed by atoms with van der Waals surface area (Å²) in [7, 11) is 0. The smallest absolute Gasteiger partial charge is 0.277 e. The Morgan fingerprint density at radius 1 is 0.815 bits per heavy atom. The molecule has 27 heavy (non-hydrogen) atoms. The molecule has 0 unspecified atom stereocenters. The maximum absolute atomic E-state index is 13.0. The molecule has 3 rings (SSSR count). The van der Waals surface area contributed by atoms with E-state index in [4.69, 9.17) is 0 Å². The normalized spacial score (nSPS) is 14.2. The lowest BCUT2D eigenvalue weighted by molar-refractivity contribution is -0.138. The second-order valence-electron chi connectivity index (χ2n) is 6.84. The van der Waals surface area contributed by atoms with Gasteiger partial charge in [0.2, 0.25) is 0 Å². The summed E-state index contributed by atoms with van der Waals surface area (Å²) in [6.45, 7) is 2.46. The van der Waals surface area contributed by atoms with Crippen molar-refractivity contribution in [2.45, 2.75) is 45.6 Å². The summed E-state index contributed by atoms with van der Waals surface area (Å²) in [4.78, 5) is 27.4. The molecule has 0 saturated carbocycles. The van der Waals surface area contributed by atoms with Gasteiger partial charge in [-0.3, -0.25) is 14.5 Å². The minimum absolute atomic E-state index is 0.168. The zero-order chi connectivity index (χ0) is 19.1. The summed E-state index contributed by atoms with van der Waals surface area (Å²) in [5.74, 6) is -0.406. The Labute approximate surface area is 160 Å². The minimum atomic E-state index is -0.238. The molecule has 4 heteroatoms. The van der Waals surface area contributed by atoms with Crippen LogP contribution in [0.1, 0.15) is 44.6 Å². The zero-order valence-electron chi connectivity index (χ0n) is 15.8. The van der Waals surface area contributed by atoms with Crippen molar-refractivity contribution in [3.8, 4) is 0 Å². The number of unbranched alkanes of at least 4 members (excludes halogenated alkanes) is 3. The molecule has 0 saturated heterocycles. The Morgan fingerprint density at radius 3 is 2.15 bits per heavy atom. The predicted octanol–water partition coefficient (Wildman–Crippen LogP) is 4.89. The van der Waals surface area contributed by atoms with Crippen LogP contribution in [-0.4, -0.2) is 16.7 Å². The molecule has 0 aromatic heterocycles. The summed E-state index contributed by atoms with van der Waals surface area (Å²) < 4.78 is 0. The predicted molar refractivity (Wildman–Crippen MR) is 108 cm³/mol. The van der Waals surface area contributed by atoms with E-state index in [0.29, 0.717) is 24.2 Å². The van der Waals surface area contributed by atoms with Crippen LogP contribution in [0.3, 0.4) is 0 Å². The van der Waals surface area contributed by atoms with Crippen molar-refractivity contribution in [1.82, 2.24) is 4.90 Å². The fraction of sp³-hybridized carbons (Fsp3) is 0.304. The van der Waals surface area contributed by atoms with Crippen LogP contribution < -0.4 is 5.32 Å². The van der Waals surface area contributed by atoms with Gasteiger partial charge in [0, 0.05) is 11.3 Å². The van der Waals surface area contributed by atoms with E-state index in [9.17, 15) is 9.59 Å². The van der Waals surface area contributed by atoms with E-state index < -0.39 is 0 Å². The Hall–Kier alpha value is -2.88. The molecule has 4 nitrogen and oxygen atoms in total. The third-order valence-corrected chi connectivity index (χ3v) is 4.77. The van der Waals surface area contributed by atoms with Crippen LogP contribution in [0.25, 0.3) is 0 Å². The van der Waals surface area contributed by atoms with E-state index in [-0.39, 0.29) is 11.8 Å². The number of nitrogens with one attached hydrogen (secondary N) is 1. The van der Waals surface area contributed by atoms with Gasteiger partial charge in [-0.2, -0.15) is 0 Å². The number of benzene rings is 2. The van der Waals surface area contributed by atoms with Crippen molar-refractivity contribution < 1.29 is 9.59 Å². The summed E-state index contributed by atoms with van der Waals surface area (Å²) in [5, 5.41) is 3.20. The molecule has 0 bridgehead atoms. The van der Waals surface area contributed by atoms with Crippen molar-refractivity contribution in [1.29, 1.82) is 0 Å². The van der Waals surface area contributed by atoms with Gasteiger partial charge in [-0.25, -0.2) is 0 Å². The fourth-order valence-electron chi connectivity index (χ4n) is 3.29. The monoisotopic (exact) mass is 362 g/mol. The number of nitrogens with zero attached hydrogens (tertiary/aromatic N) is 1. The van der Waals surface area contributed by atoms with E-state index in [1.807, 2.05) is 60.7 Å². The van der Waals surface area contributed by atoms with Gasteiger partial charge in [-0.1, -0.05) is 74.7 Å². The largest absolute Gasteiger partial charge is 0.351 e. The minimum Gasteiger partial charge on any atom is -0.351 e. The van der Waals surface area contributed by atoms with Crippen molar-refractivity contribution >= 4 is 17.5 Å². The zero-order valence-corrected chi connectivity index (χ0v) is 15.8. The lowest BCUT2D eigenvalue weighted by Gasteiger charge is -2.15. The lowest BCUT2D eigenvalue weighted by atomic mass is 10.1. The molecule has 1 heterocycles. The van der Waals surface area contributed by atoms with E-state index in [2.05, 4.69) is 12.2 Å². The second-order valence-corrected chi connectivity index (χ2v) is 6.84. The molecule has 1 N–H and O–H groups in total. The van der Waals surface area contributed by atoms with E-state index in [0.717, 1.165) is 36.9 Å². The maximum Gasteiger partial charge on any atom is 0.277 e. The van der Waals surface area contributed by atoms with Gasteiger partial charge in [-0.05, 0) is 30.5 Å². The average molecular weight is 362 g/mol. The molecule has 0 atom stereocenters. The van der Waals surface area contributed by atoms with Gasteiger partial charge in [0.1, 0.15) is 5.70 Å². The highest BCUT2D eigenvalue weighted by Gasteiger charge is 2.37. The lowest BCUT2D eigenvalue weighted by Crippen LogP contribution is -2.32. The summed E-state index contributed by atoms with van der Waals surface area (Å²) in [6, 6.07) is 19.2. The first-order valence-corrected chi connectivity index (χ1v) is 9.66. The molecule has 140 valence electrons. The third-order valence-electron chi connectivity index (χ3n) is 4.77. The molecule has 2 aromatic rings. The number of carbonyl (C=O) groups is 2. The Morgan fingerprint density at radius 2 is 1.48 bits per heavy atom. The van der Waals surface area contributed by atoms with Gasteiger partial charge < -0.3 is 5.32 Å². The first-order chi connectivity index (χ1) is 13.2. The number of anilines is 1. The quantitative estimate of drug-likeness (QED) is 0.510. The highest BCUT2D eigenvalue weighted by atomic mass is 16.2. The van der Waals surface area contributed by atoms with Crippen LogP contribution in [0.2, 0.25) is 0 Å². The van der Waals surface area contributed by atoms with E-state index in [1.54, 1.807) is 0 Å². The van der Waals surface area contributed by atoms with Gasteiger partial charge in [-0.15, -0.1) is 0 Å². The molecule has 1 aliphatic rings. The second kappa shape index (κ2) is 9.17. The van der Waals surface area contributed by atoms with Crippen molar-refractivity contribution in [3.05, 3.63) is 77.5 Å². The number of para-hydroxylation sites is 1. The van der Waals surface area contributed by atoms with Crippen LogP contribution in [-0.2, 0) is 16.1 Å². The number of carbonyl (C=O) groups excluding carboxylic acids is 2. The summed E-state index contributed by atoms with van der Waals surface area (Å²) >= 11 is 0. The SMILES string of the molecule is CCCCCCC1=C(Nc2ccccc2)C(=O)N(Cc2ccccc2)C1=O. The van der Waals surface area contributed by atoms with E-state index in [1.165, 1.54) is 4.90 Å². The number of rotatable bonds is 9. The standard InChI is InChI=1S/C23H26N2O2/c1-2-3-4-11-16-20-21(24-19-14-9-6-10-15-19)23(27)25(22(20)26)17-18-12-7-5-8-13-18/h5-10,12-15,24H,2-4,11,16-17H2,1H3. The molecule has 1 aliphatic heterocycles. The topological polar surface area (TPSA) is 49.4 Å². The van der Waals surface area contributed by atoms with Crippen LogP contribution in [0.5, 0.6) is 0 Å². The number of hydrogen-bond acceptors (Lipinski definition) is 3. The number of imide groups is 1. The van der Waals surface area contributed by atoms with Crippen molar-refractivity contribution in [2.75, 3.05) is 5.32 Å². The van der Waals surface area contributed by atoms with Gasteiger partial charge in [0.25, 0.3) is 11.8 Å². The Kier molecular flexibility index (Phi) is 6.42.